The lowest BCUT2D eigenvalue weighted by atomic mass is 9.90. The van der Waals surface area contributed by atoms with Crippen molar-refractivity contribution in [3.63, 3.8) is 0 Å². The summed E-state index contributed by atoms with van der Waals surface area (Å²) in [6, 6.07) is 16.5. The number of aliphatic hydroxyl groups excluding tert-OH is 3. The summed E-state index contributed by atoms with van der Waals surface area (Å²) in [6.07, 6.45) is 1.41. The van der Waals surface area contributed by atoms with Crippen LogP contribution in [0.3, 0.4) is 0 Å². The van der Waals surface area contributed by atoms with Gasteiger partial charge in [-0.25, -0.2) is 0 Å². The smallest absolute Gasteiger partial charge is 0.253 e. The van der Waals surface area contributed by atoms with Gasteiger partial charge in [-0.1, -0.05) is 107 Å². The minimum absolute atomic E-state index is 0.0129. The van der Waals surface area contributed by atoms with E-state index in [1.165, 1.54) is 13.8 Å². The molecule has 0 unspecified atom stereocenters. The highest BCUT2D eigenvalue weighted by Gasteiger charge is 2.37. The van der Waals surface area contributed by atoms with Gasteiger partial charge in [-0.15, -0.1) is 0 Å². The van der Waals surface area contributed by atoms with E-state index in [-0.39, 0.29) is 75.3 Å². The van der Waals surface area contributed by atoms with Crippen molar-refractivity contribution in [1.82, 2.24) is 41.8 Å². The van der Waals surface area contributed by atoms with Gasteiger partial charge < -0.3 is 57.9 Å². The van der Waals surface area contributed by atoms with Gasteiger partial charge in [-0.2, -0.15) is 0 Å². The van der Waals surface area contributed by atoms with Crippen LogP contribution in [0.4, 0.5) is 0 Å². The molecule has 12 N–H and O–H groups in total. The molecule has 10 atom stereocenters. The Bertz CT molecular complexity index is 2910. The Morgan fingerprint density at radius 3 is 2.05 bits per heavy atom. The average Bonchev–Trinajstić information content (AvgIpc) is 4.30. The first-order chi connectivity index (χ1) is 39.8. The van der Waals surface area contributed by atoms with Gasteiger partial charge in [0.15, 0.2) is 5.78 Å². The maximum absolute atomic E-state index is 15.0. The van der Waals surface area contributed by atoms with Crippen molar-refractivity contribution in [2.24, 2.45) is 17.6 Å². The van der Waals surface area contributed by atoms with Crippen LogP contribution in [0.25, 0.3) is 10.9 Å². The number of unbranched alkanes of at least 4 members (excludes halogenated alkanes) is 1. The van der Waals surface area contributed by atoms with Crippen molar-refractivity contribution in [3.8, 4) is 0 Å². The van der Waals surface area contributed by atoms with E-state index in [4.69, 9.17) is 5.73 Å². The SMILES string of the molecule is C[C@@H](O)[C@@H]1NC(=O)[C@H](CCCCN)CC(=O)[C@@H](Cc2c[nH]c3ccccc23)NC(=O)[C@H](Cc2ccccc2)NC(=O)[C@@H](NC(=O)[C@H](CC(=O)CCCN2C(=O)C=CC2=O)Cc2ccccc2)CSSC[C@@H](C(=O)N[C@H](CO)[C@@H](C)O)NC1=O. The molecule has 0 spiro atoms. The number of H-pyrrole nitrogens is 1. The maximum Gasteiger partial charge on any atom is 0.253 e. The number of nitrogens with zero attached hydrogens (tertiary/aromatic N) is 1. The number of rotatable bonds is 23. The molecule has 1 fully saturated rings. The van der Waals surface area contributed by atoms with Crippen LogP contribution in [0.5, 0.6) is 0 Å². The zero-order valence-electron chi connectivity index (χ0n) is 46.5. The molecule has 0 bridgehead atoms. The summed E-state index contributed by atoms with van der Waals surface area (Å²) in [4.78, 5) is 144. The molecule has 3 aromatic carbocycles. The minimum atomic E-state index is -1.67. The molecule has 0 radical (unpaired) electrons. The van der Waals surface area contributed by atoms with Gasteiger partial charge in [0.2, 0.25) is 35.4 Å². The summed E-state index contributed by atoms with van der Waals surface area (Å²) in [7, 11) is 1.97. The number of nitrogens with two attached hydrogens (primary N) is 1. The predicted molar refractivity (Wildman–Crippen MR) is 313 cm³/mol. The monoisotopic (exact) mass is 1180 g/mol. The molecule has 6 rings (SSSR count). The lowest BCUT2D eigenvalue weighted by Gasteiger charge is -2.29. The molecular weight excluding hydrogens is 1110 g/mol. The third kappa shape index (κ3) is 19.7. The number of hydrogen-bond acceptors (Lipinski definition) is 16. The average molecular weight is 1180 g/mol. The molecule has 1 aromatic heterocycles. The van der Waals surface area contributed by atoms with Gasteiger partial charge in [0, 0.05) is 91.2 Å². The van der Waals surface area contributed by atoms with E-state index in [2.05, 4.69) is 36.9 Å². The summed E-state index contributed by atoms with van der Waals surface area (Å²) in [6.45, 7) is 2.17. The van der Waals surface area contributed by atoms with Gasteiger partial charge in [0.05, 0.1) is 30.9 Å². The van der Waals surface area contributed by atoms with E-state index in [0.717, 1.165) is 49.5 Å². The summed E-state index contributed by atoms with van der Waals surface area (Å²) >= 11 is 0. The number of benzene rings is 3. The molecule has 3 heterocycles. The molecule has 2 aliphatic heterocycles. The molecule has 1 saturated heterocycles. The molecule has 446 valence electrons. The Hall–Kier alpha value is -7.22. The zero-order chi connectivity index (χ0) is 60.0. The van der Waals surface area contributed by atoms with Crippen molar-refractivity contribution in [2.75, 3.05) is 31.2 Å². The third-order valence-electron chi connectivity index (χ3n) is 14.4. The van der Waals surface area contributed by atoms with Crippen LogP contribution in [0.2, 0.25) is 0 Å². The number of imide groups is 1. The molecule has 0 saturated carbocycles. The van der Waals surface area contributed by atoms with E-state index < -0.39 is 126 Å². The topological polar surface area (TPSA) is 349 Å². The Morgan fingerprint density at radius 1 is 0.735 bits per heavy atom. The fourth-order valence-corrected chi connectivity index (χ4v) is 12.0. The second-order valence-electron chi connectivity index (χ2n) is 20.9. The number of aromatic nitrogens is 1. The predicted octanol–water partition coefficient (Wildman–Crippen LogP) is 1.24. The second kappa shape index (κ2) is 32.6. The summed E-state index contributed by atoms with van der Waals surface area (Å²) < 4.78 is 0. The molecule has 4 aromatic rings. The Balaban J connectivity index is 1.39. The highest BCUT2D eigenvalue weighted by atomic mass is 33.1. The van der Waals surface area contributed by atoms with E-state index in [1.54, 1.807) is 66.9 Å². The Kier molecular flexibility index (Phi) is 25.5. The lowest BCUT2D eigenvalue weighted by Crippen LogP contribution is -2.60. The summed E-state index contributed by atoms with van der Waals surface area (Å²) in [5.41, 5.74) is 8.57. The molecule has 24 heteroatoms. The fraction of sp³-hybridized carbons (Fsp3) is 0.458. The maximum atomic E-state index is 15.0. The van der Waals surface area contributed by atoms with Gasteiger partial charge in [-0.3, -0.25) is 52.8 Å². The lowest BCUT2D eigenvalue weighted by molar-refractivity contribution is -0.137. The second-order valence-corrected chi connectivity index (χ2v) is 23.4. The molecule has 83 heavy (non-hydrogen) atoms. The number of aromatic amines is 1. The number of nitrogens with one attached hydrogen (secondary N) is 7. The van der Waals surface area contributed by atoms with Crippen molar-refractivity contribution < 1.29 is 63.3 Å². The third-order valence-corrected chi connectivity index (χ3v) is 16.9. The van der Waals surface area contributed by atoms with Crippen molar-refractivity contribution in [2.45, 2.75) is 127 Å². The van der Waals surface area contributed by atoms with E-state index in [1.807, 2.05) is 24.3 Å². The number of fused-ring (bicyclic) bond motifs is 1. The van der Waals surface area contributed by atoms with Crippen molar-refractivity contribution in [3.05, 3.63) is 120 Å². The van der Waals surface area contributed by atoms with Gasteiger partial charge >= 0.3 is 0 Å². The van der Waals surface area contributed by atoms with Crippen molar-refractivity contribution in [1.29, 1.82) is 0 Å². The van der Waals surface area contributed by atoms with Crippen LogP contribution in [0, 0.1) is 11.8 Å². The first kappa shape index (κ1) is 64.9. The largest absolute Gasteiger partial charge is 0.394 e. The van der Waals surface area contributed by atoms with E-state index in [0.29, 0.717) is 29.5 Å². The molecular formula is C59H75N9O13S2. The number of aliphatic hydroxyl groups is 3. The fourth-order valence-electron chi connectivity index (χ4n) is 9.66. The number of carbonyl (C=O) groups excluding carboxylic acids is 10. The molecule has 0 aliphatic carbocycles. The Morgan fingerprint density at radius 2 is 1.39 bits per heavy atom. The van der Waals surface area contributed by atoms with Crippen LogP contribution in [0.15, 0.2) is 103 Å². The number of para-hydroxylation sites is 1. The first-order valence-corrected chi connectivity index (χ1v) is 30.3. The molecule has 22 nitrogen and oxygen atoms in total. The van der Waals surface area contributed by atoms with Crippen LogP contribution in [-0.2, 0) is 67.2 Å². The van der Waals surface area contributed by atoms with E-state index >= 15 is 9.59 Å². The quantitative estimate of drug-likeness (QED) is 0.0283. The van der Waals surface area contributed by atoms with Gasteiger partial charge in [-0.05, 0) is 68.8 Å². The Labute approximate surface area is 489 Å². The highest BCUT2D eigenvalue weighted by Crippen LogP contribution is 2.26. The highest BCUT2D eigenvalue weighted by molar-refractivity contribution is 8.76. The number of amides is 8. The van der Waals surface area contributed by atoms with Crippen LogP contribution >= 0.6 is 21.6 Å². The van der Waals surface area contributed by atoms with Crippen molar-refractivity contribution >= 4 is 91.3 Å². The first-order valence-electron chi connectivity index (χ1n) is 27.8. The van der Waals surface area contributed by atoms with Gasteiger partial charge in [0.25, 0.3) is 11.8 Å². The van der Waals surface area contributed by atoms with Crippen LogP contribution < -0.4 is 37.6 Å². The standard InChI is InChI=1S/C59H75N9O13S2/c1-35(70)47(32-69)64-58(80)49-34-83-82-33-48(65-55(77)40(26-37-14-5-3-6-15-37)28-42(72)19-13-25-68-51(74)22-23-52(68)75)57(79)63-46(27-38-16-7-4-8-17-38)56(78)62-45(29-41-31-61-44-21-10-9-20-43(41)44)50(73)30-39(18-11-12-24-60)54(76)67-53(36(2)71)59(81)66-49/h3-10,14-17,20-23,31,35-36,39-40,45-49,53,61,69-71H,11-13,18-19,24-30,32-34,60H2,1-2H3,(H,62,78)(H,63,79)(H,64,80)(H,65,77)(H,66,81)(H,67,76)/t35-,36-,39-,40+,45-,46+,47-,48+,49+,53+/m1/s1. The van der Waals surface area contributed by atoms with Crippen LogP contribution in [-0.4, -0.2) is 164 Å². The molecule has 8 amide bonds. The molecule has 2 aliphatic rings. The normalized spacial score (nSPS) is 22.1. The van der Waals surface area contributed by atoms with Gasteiger partial charge in [0.1, 0.15) is 30.0 Å². The van der Waals surface area contributed by atoms with Crippen LogP contribution in [0.1, 0.15) is 75.5 Å². The number of hydrogen-bond donors (Lipinski definition) is 11. The number of ketones is 2. The number of carbonyl (C=O) groups is 10. The van der Waals surface area contributed by atoms with E-state index in [9.17, 15) is 53.7 Å². The summed E-state index contributed by atoms with van der Waals surface area (Å²) in [5.74, 6) is -9.52. The number of Topliss-reactive ketones (excluding diaryl/α,β-unsaturated/α-hetero) is 2. The zero-order valence-corrected chi connectivity index (χ0v) is 48.1. The summed E-state index contributed by atoms with van der Waals surface area (Å²) in [5, 5.41) is 48.4. The minimum Gasteiger partial charge on any atom is -0.394 e.